The van der Waals surface area contributed by atoms with Gasteiger partial charge in [-0.3, -0.25) is 4.90 Å². The van der Waals surface area contributed by atoms with Crippen molar-refractivity contribution < 1.29 is 4.74 Å². The van der Waals surface area contributed by atoms with E-state index in [1.165, 1.54) is 58.2 Å². The molecule has 1 aliphatic heterocycles. The summed E-state index contributed by atoms with van der Waals surface area (Å²) in [4.78, 5) is 2.70. The lowest BCUT2D eigenvalue weighted by Gasteiger charge is -2.35. The van der Waals surface area contributed by atoms with Gasteiger partial charge in [0.1, 0.15) is 0 Å². The Morgan fingerprint density at radius 3 is 2.83 bits per heavy atom. The fourth-order valence-electron chi connectivity index (χ4n) is 3.53. The van der Waals surface area contributed by atoms with Crippen LogP contribution in [0.1, 0.15) is 52.4 Å². The number of rotatable bonds is 5. The molecule has 2 aliphatic rings. The minimum Gasteiger partial charge on any atom is -0.382 e. The number of nitrogens with one attached hydrogen (secondary N) is 1. The van der Waals surface area contributed by atoms with Crippen molar-refractivity contribution in [2.75, 3.05) is 32.8 Å². The minimum absolute atomic E-state index is 0.441. The summed E-state index contributed by atoms with van der Waals surface area (Å²) in [7, 11) is 0. The van der Waals surface area contributed by atoms with E-state index in [4.69, 9.17) is 4.74 Å². The minimum atomic E-state index is 0.441. The molecule has 1 spiro atoms. The lowest BCUT2D eigenvalue weighted by atomic mass is 9.97. The molecule has 3 nitrogen and oxygen atoms in total. The van der Waals surface area contributed by atoms with Crippen molar-refractivity contribution in [3.05, 3.63) is 0 Å². The third-order valence-electron chi connectivity index (χ3n) is 4.69. The predicted octanol–water partition coefficient (Wildman–Crippen LogP) is 2.41. The molecule has 18 heavy (non-hydrogen) atoms. The fraction of sp³-hybridized carbons (Fsp3) is 1.00. The molecule has 1 unspecified atom stereocenters. The maximum absolute atomic E-state index is 5.47. The summed E-state index contributed by atoms with van der Waals surface area (Å²) in [6, 6.07) is 0.721. The highest BCUT2D eigenvalue weighted by Gasteiger charge is 2.37. The van der Waals surface area contributed by atoms with Gasteiger partial charge in [-0.05, 0) is 46.1 Å². The first kappa shape index (κ1) is 14.3. The van der Waals surface area contributed by atoms with Gasteiger partial charge in [-0.15, -0.1) is 0 Å². The van der Waals surface area contributed by atoms with Gasteiger partial charge in [0.15, 0.2) is 0 Å². The Balaban J connectivity index is 1.85. The zero-order valence-electron chi connectivity index (χ0n) is 12.2. The van der Waals surface area contributed by atoms with E-state index < -0.39 is 0 Å². The van der Waals surface area contributed by atoms with Crippen molar-refractivity contribution in [1.82, 2.24) is 10.2 Å². The van der Waals surface area contributed by atoms with Crippen LogP contribution in [0.2, 0.25) is 0 Å². The van der Waals surface area contributed by atoms with Crippen LogP contribution in [0.3, 0.4) is 0 Å². The van der Waals surface area contributed by atoms with Crippen LogP contribution >= 0.6 is 0 Å². The zero-order valence-corrected chi connectivity index (χ0v) is 12.2. The summed E-state index contributed by atoms with van der Waals surface area (Å²) >= 11 is 0. The monoisotopic (exact) mass is 254 g/mol. The van der Waals surface area contributed by atoms with Crippen molar-refractivity contribution in [1.29, 1.82) is 0 Å². The molecule has 1 aliphatic carbocycles. The van der Waals surface area contributed by atoms with Crippen molar-refractivity contribution in [3.8, 4) is 0 Å². The van der Waals surface area contributed by atoms with Crippen LogP contribution in [0.25, 0.3) is 0 Å². The molecule has 1 atom stereocenters. The quantitative estimate of drug-likeness (QED) is 0.763. The van der Waals surface area contributed by atoms with Crippen LogP contribution < -0.4 is 5.32 Å². The molecule has 0 bridgehead atoms. The van der Waals surface area contributed by atoms with Crippen LogP contribution in [-0.2, 0) is 4.74 Å². The third kappa shape index (κ3) is 3.69. The molecule has 1 N–H and O–H groups in total. The van der Waals surface area contributed by atoms with E-state index in [9.17, 15) is 0 Å². The second kappa shape index (κ2) is 6.88. The summed E-state index contributed by atoms with van der Waals surface area (Å²) < 4.78 is 5.47. The number of nitrogens with zero attached hydrogens (tertiary/aromatic N) is 1. The highest BCUT2D eigenvalue weighted by Crippen LogP contribution is 2.32. The van der Waals surface area contributed by atoms with E-state index >= 15 is 0 Å². The van der Waals surface area contributed by atoms with Crippen LogP contribution in [0.5, 0.6) is 0 Å². The molecule has 1 heterocycles. The molecule has 0 radical (unpaired) electrons. The van der Waals surface area contributed by atoms with Gasteiger partial charge < -0.3 is 10.1 Å². The first-order valence-electron chi connectivity index (χ1n) is 7.82. The highest BCUT2D eigenvalue weighted by atomic mass is 16.5. The van der Waals surface area contributed by atoms with Crippen molar-refractivity contribution in [3.63, 3.8) is 0 Å². The Bertz CT molecular complexity index is 239. The first-order chi connectivity index (χ1) is 8.76. The molecule has 2 rings (SSSR count). The van der Waals surface area contributed by atoms with Crippen molar-refractivity contribution in [2.24, 2.45) is 0 Å². The van der Waals surface area contributed by atoms with Gasteiger partial charge in [-0.2, -0.15) is 0 Å². The van der Waals surface area contributed by atoms with E-state index in [-0.39, 0.29) is 0 Å². The fourth-order valence-corrected chi connectivity index (χ4v) is 3.53. The summed E-state index contributed by atoms with van der Waals surface area (Å²) in [5, 5.41) is 3.85. The van der Waals surface area contributed by atoms with Gasteiger partial charge in [0.2, 0.25) is 0 Å². The van der Waals surface area contributed by atoms with Crippen LogP contribution in [0.15, 0.2) is 0 Å². The first-order valence-corrected chi connectivity index (χ1v) is 7.82. The maximum Gasteiger partial charge on any atom is 0.0478 e. The lowest BCUT2D eigenvalue weighted by molar-refractivity contribution is 0.114. The number of hydrogen-bond acceptors (Lipinski definition) is 3. The molecule has 0 amide bonds. The average molecular weight is 254 g/mol. The lowest BCUT2D eigenvalue weighted by Crippen LogP contribution is -2.50. The Morgan fingerprint density at radius 2 is 2.11 bits per heavy atom. The number of hydrogen-bond donors (Lipinski definition) is 1. The highest BCUT2D eigenvalue weighted by molar-refractivity contribution is 4.98. The topological polar surface area (TPSA) is 24.5 Å². The van der Waals surface area contributed by atoms with Crippen molar-refractivity contribution >= 4 is 0 Å². The molecule has 2 fully saturated rings. The van der Waals surface area contributed by atoms with E-state index in [1.807, 2.05) is 0 Å². The standard InChI is InChI=1S/C15H30N2O/c1-3-18-12-6-11-17-13-15(8-4-5-9-15)16-10-7-14(17)2/h14,16H,3-13H2,1-2H3. The molecular formula is C15H30N2O. The summed E-state index contributed by atoms with van der Waals surface area (Å²) in [6.07, 6.45) is 8.04. The summed E-state index contributed by atoms with van der Waals surface area (Å²) in [6.45, 7) is 9.87. The molecule has 0 aromatic rings. The van der Waals surface area contributed by atoms with Gasteiger partial charge in [0.05, 0.1) is 0 Å². The Kier molecular flexibility index (Phi) is 5.46. The van der Waals surface area contributed by atoms with Gasteiger partial charge >= 0.3 is 0 Å². The van der Waals surface area contributed by atoms with Gasteiger partial charge in [0, 0.05) is 37.9 Å². The molecule has 1 saturated carbocycles. The number of ether oxygens (including phenoxy) is 1. The Hall–Kier alpha value is -0.120. The smallest absolute Gasteiger partial charge is 0.0478 e. The van der Waals surface area contributed by atoms with Crippen molar-refractivity contribution in [2.45, 2.75) is 64.0 Å². The molecule has 3 heteroatoms. The molecular weight excluding hydrogens is 224 g/mol. The second-order valence-electron chi connectivity index (χ2n) is 6.07. The van der Waals surface area contributed by atoms with E-state index in [0.29, 0.717) is 5.54 Å². The predicted molar refractivity (Wildman–Crippen MR) is 76.0 cm³/mol. The summed E-state index contributed by atoms with van der Waals surface area (Å²) in [5.74, 6) is 0. The molecule has 0 aromatic carbocycles. The SMILES string of the molecule is CCOCCCN1CC2(CCCC2)NCCC1C. The molecule has 1 saturated heterocycles. The van der Waals surface area contributed by atoms with Crippen LogP contribution in [0.4, 0.5) is 0 Å². The summed E-state index contributed by atoms with van der Waals surface area (Å²) in [5.41, 5.74) is 0.441. The second-order valence-corrected chi connectivity index (χ2v) is 6.07. The van der Waals surface area contributed by atoms with Gasteiger partial charge in [-0.1, -0.05) is 12.8 Å². The van der Waals surface area contributed by atoms with Crippen LogP contribution in [-0.4, -0.2) is 49.3 Å². The normalized spacial score (nSPS) is 28.7. The van der Waals surface area contributed by atoms with Gasteiger partial charge in [0.25, 0.3) is 0 Å². The molecule has 0 aromatic heterocycles. The average Bonchev–Trinajstić information content (AvgIpc) is 2.75. The Labute approximate surface area is 112 Å². The zero-order chi connectivity index (χ0) is 12.8. The van der Waals surface area contributed by atoms with E-state index in [2.05, 4.69) is 24.1 Å². The van der Waals surface area contributed by atoms with Crippen LogP contribution in [0, 0.1) is 0 Å². The third-order valence-corrected chi connectivity index (χ3v) is 4.69. The maximum atomic E-state index is 5.47. The van der Waals surface area contributed by atoms with Gasteiger partial charge in [-0.25, -0.2) is 0 Å². The largest absolute Gasteiger partial charge is 0.382 e. The Morgan fingerprint density at radius 1 is 1.33 bits per heavy atom. The molecule has 106 valence electrons. The van der Waals surface area contributed by atoms with E-state index in [0.717, 1.165) is 19.3 Å². The van der Waals surface area contributed by atoms with E-state index in [1.54, 1.807) is 0 Å².